The molecule has 10 heavy (non-hydrogen) atoms. The number of nitrogens with two attached hydrogens (primary N) is 1. The van der Waals surface area contributed by atoms with Crippen molar-refractivity contribution in [1.82, 2.24) is 4.90 Å². The summed E-state index contributed by atoms with van der Waals surface area (Å²) in [5, 5.41) is 0. The molecule has 0 aromatic rings. The lowest BCUT2D eigenvalue weighted by Crippen LogP contribution is -2.33. The average Bonchev–Trinajstić information content (AvgIpc) is 2.07. The minimum Gasteiger partial charge on any atom is -0.319 e. The van der Waals surface area contributed by atoms with Crippen molar-refractivity contribution in [3.05, 3.63) is 0 Å². The van der Waals surface area contributed by atoms with E-state index in [0.29, 0.717) is 0 Å². The molecule has 0 radical (unpaired) electrons. The predicted molar refractivity (Wildman–Crippen MR) is 34.9 cm³/mol. The Bertz CT molecular complexity index is 170. The molecule has 4 nitrogen and oxygen atoms in total. The molecule has 0 spiro atoms. The maximum atomic E-state index is 11.0. The van der Waals surface area contributed by atoms with Gasteiger partial charge in [-0.05, 0) is 0 Å². The highest BCUT2D eigenvalue weighted by Gasteiger charge is 2.40. The van der Waals surface area contributed by atoms with Gasteiger partial charge >= 0.3 is 0 Å². The molecular weight excluding hydrogens is 132 g/mol. The van der Waals surface area contributed by atoms with Gasteiger partial charge in [-0.2, -0.15) is 0 Å². The van der Waals surface area contributed by atoms with E-state index in [1.165, 1.54) is 7.05 Å². The highest BCUT2D eigenvalue weighted by Crippen LogP contribution is 2.15. The van der Waals surface area contributed by atoms with Crippen molar-refractivity contribution in [3.63, 3.8) is 0 Å². The molecule has 1 saturated heterocycles. The van der Waals surface area contributed by atoms with E-state index >= 15 is 0 Å². The summed E-state index contributed by atoms with van der Waals surface area (Å²) < 4.78 is 0. The number of imide groups is 1. The van der Waals surface area contributed by atoms with E-state index in [1.807, 2.05) is 0 Å². The number of nitrogens with zero attached hydrogens (tertiary/aromatic N) is 1. The summed E-state index contributed by atoms with van der Waals surface area (Å²) >= 11 is 0. The van der Waals surface area contributed by atoms with Gasteiger partial charge in [-0.1, -0.05) is 6.92 Å². The first kappa shape index (κ1) is 7.21. The van der Waals surface area contributed by atoms with Gasteiger partial charge in [-0.25, -0.2) is 0 Å². The Hall–Kier alpha value is -0.900. The Kier molecular flexibility index (Phi) is 1.48. The maximum Gasteiger partial charge on any atom is 0.246 e. The standard InChI is InChI=1S/C6H10N2O2/c1-3-4(7)6(10)8(2)5(3)9/h3-4H,7H2,1-2H3/t3-,4+/m0/s1. The molecule has 1 fully saturated rings. The minimum atomic E-state index is -0.627. The van der Waals surface area contributed by atoms with Crippen LogP contribution in [0.4, 0.5) is 0 Å². The van der Waals surface area contributed by atoms with E-state index in [-0.39, 0.29) is 17.7 Å². The Balaban J connectivity index is 2.89. The summed E-state index contributed by atoms with van der Waals surface area (Å²) in [6.45, 7) is 1.66. The van der Waals surface area contributed by atoms with E-state index in [9.17, 15) is 9.59 Å². The van der Waals surface area contributed by atoms with E-state index in [1.54, 1.807) is 6.92 Å². The number of hydrogen-bond acceptors (Lipinski definition) is 3. The number of likely N-dealkylation sites (N-methyl/N-ethyl adjacent to an activating group) is 1. The Morgan fingerprint density at radius 1 is 1.40 bits per heavy atom. The number of carbonyl (C=O) groups is 2. The van der Waals surface area contributed by atoms with Gasteiger partial charge in [-0.3, -0.25) is 14.5 Å². The largest absolute Gasteiger partial charge is 0.319 e. The molecule has 4 heteroatoms. The summed E-state index contributed by atoms with van der Waals surface area (Å²) in [4.78, 5) is 22.9. The van der Waals surface area contributed by atoms with Crippen LogP contribution in [0.15, 0.2) is 0 Å². The fourth-order valence-corrected chi connectivity index (χ4v) is 1.01. The Morgan fingerprint density at radius 2 is 1.90 bits per heavy atom. The highest BCUT2D eigenvalue weighted by atomic mass is 16.2. The van der Waals surface area contributed by atoms with E-state index in [4.69, 9.17) is 5.73 Å². The first-order valence-corrected chi connectivity index (χ1v) is 3.12. The molecule has 1 aliphatic rings. The fraction of sp³-hybridized carbons (Fsp3) is 0.667. The molecule has 2 N–H and O–H groups in total. The quantitative estimate of drug-likeness (QED) is 0.439. The monoisotopic (exact) mass is 142 g/mol. The molecule has 0 aliphatic carbocycles. The van der Waals surface area contributed by atoms with Crippen molar-refractivity contribution >= 4 is 11.8 Å². The maximum absolute atomic E-state index is 11.0. The van der Waals surface area contributed by atoms with Crippen molar-refractivity contribution in [1.29, 1.82) is 0 Å². The third kappa shape index (κ3) is 0.724. The first-order valence-electron chi connectivity index (χ1n) is 3.12. The normalized spacial score (nSPS) is 33.7. The lowest BCUT2D eigenvalue weighted by molar-refractivity contribution is -0.137. The molecule has 2 amide bonds. The highest BCUT2D eigenvalue weighted by molar-refractivity contribution is 6.06. The summed E-state index contributed by atoms with van der Waals surface area (Å²) in [5.41, 5.74) is 5.39. The summed E-state index contributed by atoms with van der Waals surface area (Å²) in [5.74, 6) is -0.812. The minimum absolute atomic E-state index is 0.183. The molecule has 1 heterocycles. The van der Waals surface area contributed by atoms with Gasteiger partial charge in [0.15, 0.2) is 0 Å². The fourth-order valence-electron chi connectivity index (χ4n) is 1.01. The molecule has 56 valence electrons. The van der Waals surface area contributed by atoms with Crippen LogP contribution < -0.4 is 5.73 Å². The van der Waals surface area contributed by atoms with Crippen LogP contribution in [0.3, 0.4) is 0 Å². The second kappa shape index (κ2) is 2.05. The van der Waals surface area contributed by atoms with Gasteiger partial charge in [0, 0.05) is 7.05 Å². The molecule has 0 unspecified atom stereocenters. The number of rotatable bonds is 0. The zero-order chi connectivity index (χ0) is 7.89. The molecule has 2 atom stereocenters. The van der Waals surface area contributed by atoms with Crippen LogP contribution in [-0.2, 0) is 9.59 Å². The van der Waals surface area contributed by atoms with Gasteiger partial charge in [0.1, 0.15) is 0 Å². The topological polar surface area (TPSA) is 63.4 Å². The molecular formula is C6H10N2O2. The predicted octanol–water partition coefficient (Wildman–Crippen LogP) is -1.05. The molecule has 1 rings (SSSR count). The summed E-state index contributed by atoms with van der Waals surface area (Å²) in [6, 6.07) is -0.627. The van der Waals surface area contributed by atoms with E-state index in [2.05, 4.69) is 0 Å². The van der Waals surface area contributed by atoms with Crippen LogP contribution in [0.25, 0.3) is 0 Å². The second-order valence-corrected chi connectivity index (χ2v) is 2.55. The van der Waals surface area contributed by atoms with Crippen molar-refractivity contribution < 1.29 is 9.59 Å². The lowest BCUT2D eigenvalue weighted by Gasteiger charge is -2.03. The van der Waals surface area contributed by atoms with Crippen LogP contribution >= 0.6 is 0 Å². The van der Waals surface area contributed by atoms with Crippen LogP contribution in [-0.4, -0.2) is 29.8 Å². The van der Waals surface area contributed by atoms with Gasteiger partial charge in [-0.15, -0.1) is 0 Å². The molecule has 0 aromatic carbocycles. The molecule has 0 bridgehead atoms. The van der Waals surface area contributed by atoms with Crippen LogP contribution in [0, 0.1) is 5.92 Å². The third-order valence-corrected chi connectivity index (χ3v) is 1.87. The van der Waals surface area contributed by atoms with Gasteiger partial charge < -0.3 is 5.73 Å². The summed E-state index contributed by atoms with van der Waals surface area (Å²) in [6.07, 6.45) is 0. The Labute approximate surface area is 59.0 Å². The number of carbonyl (C=O) groups excluding carboxylic acids is 2. The smallest absolute Gasteiger partial charge is 0.246 e. The average molecular weight is 142 g/mol. The third-order valence-electron chi connectivity index (χ3n) is 1.87. The van der Waals surface area contributed by atoms with Gasteiger partial charge in [0.2, 0.25) is 11.8 Å². The number of hydrogen-bond donors (Lipinski definition) is 1. The van der Waals surface area contributed by atoms with Crippen molar-refractivity contribution in [2.45, 2.75) is 13.0 Å². The zero-order valence-electron chi connectivity index (χ0n) is 6.00. The SMILES string of the molecule is C[C@@H]1C(=O)N(C)C(=O)[C@@H]1N. The van der Waals surface area contributed by atoms with Crippen molar-refractivity contribution in [3.8, 4) is 0 Å². The first-order chi connectivity index (χ1) is 4.55. The van der Waals surface area contributed by atoms with Crippen LogP contribution in [0.5, 0.6) is 0 Å². The molecule has 1 aliphatic heterocycles. The van der Waals surface area contributed by atoms with Gasteiger partial charge in [0.05, 0.1) is 12.0 Å². The van der Waals surface area contributed by atoms with Crippen molar-refractivity contribution in [2.75, 3.05) is 7.05 Å². The van der Waals surface area contributed by atoms with E-state index in [0.717, 1.165) is 4.90 Å². The van der Waals surface area contributed by atoms with Crippen LogP contribution in [0.2, 0.25) is 0 Å². The second-order valence-electron chi connectivity index (χ2n) is 2.55. The van der Waals surface area contributed by atoms with E-state index < -0.39 is 6.04 Å². The number of likely N-dealkylation sites (tertiary alicyclic amines) is 1. The molecule has 0 saturated carbocycles. The molecule has 0 aromatic heterocycles. The summed E-state index contributed by atoms with van der Waals surface area (Å²) in [7, 11) is 1.45. The Morgan fingerprint density at radius 3 is 2.00 bits per heavy atom. The van der Waals surface area contributed by atoms with Gasteiger partial charge in [0.25, 0.3) is 0 Å². The zero-order valence-corrected chi connectivity index (χ0v) is 6.00. The number of amides is 2. The van der Waals surface area contributed by atoms with Crippen LogP contribution in [0.1, 0.15) is 6.92 Å². The van der Waals surface area contributed by atoms with Crippen molar-refractivity contribution in [2.24, 2.45) is 11.7 Å². The lowest BCUT2D eigenvalue weighted by atomic mass is 10.1.